The van der Waals surface area contributed by atoms with Crippen LogP contribution in [0, 0.1) is 5.82 Å². The van der Waals surface area contributed by atoms with Gasteiger partial charge in [0.05, 0.1) is 5.56 Å². The Hall–Kier alpha value is -1.20. The molecule has 1 N–H and O–H groups in total. The minimum Gasteiger partial charge on any atom is -0.348 e. The highest BCUT2D eigenvalue weighted by molar-refractivity contribution is 9.10. The first-order valence-electron chi connectivity index (χ1n) is 5.97. The molecule has 2 rings (SSSR count). The highest BCUT2D eigenvalue weighted by atomic mass is 79.9. The van der Waals surface area contributed by atoms with Crippen molar-refractivity contribution in [3.8, 4) is 0 Å². The van der Waals surface area contributed by atoms with Crippen molar-refractivity contribution in [1.82, 2.24) is 5.32 Å². The number of hydrogen-bond acceptors (Lipinski definition) is 1. The fourth-order valence-corrected chi connectivity index (χ4v) is 2.65. The van der Waals surface area contributed by atoms with E-state index in [1.54, 1.807) is 0 Å². The fraction of sp³-hybridized carbons (Fsp3) is 0.133. The summed E-state index contributed by atoms with van der Waals surface area (Å²) in [5, 5.41) is 3.60. The Bertz CT molecular complexity index is 631. The van der Waals surface area contributed by atoms with Gasteiger partial charge in [0.1, 0.15) is 5.82 Å². The van der Waals surface area contributed by atoms with Gasteiger partial charge in [0.2, 0.25) is 0 Å². The standard InChI is InChI=1S/C15H12Br2FNO/c16-8-10-2-1-3-11(6-10)9-19-15(20)13-5-4-12(18)7-14(13)17/h1-7H,8-9H2,(H,19,20). The first kappa shape index (κ1) is 15.2. The lowest BCUT2D eigenvalue weighted by atomic mass is 10.1. The van der Waals surface area contributed by atoms with Crippen molar-refractivity contribution in [2.45, 2.75) is 11.9 Å². The van der Waals surface area contributed by atoms with Gasteiger partial charge >= 0.3 is 0 Å². The molecule has 0 saturated heterocycles. The fourth-order valence-electron chi connectivity index (χ4n) is 1.77. The minimum atomic E-state index is -0.376. The zero-order valence-corrected chi connectivity index (χ0v) is 13.7. The van der Waals surface area contributed by atoms with Crippen LogP contribution in [-0.4, -0.2) is 5.91 Å². The SMILES string of the molecule is O=C(NCc1cccc(CBr)c1)c1ccc(F)cc1Br. The number of amides is 1. The number of benzene rings is 2. The average molecular weight is 401 g/mol. The van der Waals surface area contributed by atoms with Crippen molar-refractivity contribution < 1.29 is 9.18 Å². The smallest absolute Gasteiger partial charge is 0.252 e. The van der Waals surface area contributed by atoms with Crippen LogP contribution < -0.4 is 5.32 Å². The summed E-state index contributed by atoms with van der Waals surface area (Å²) < 4.78 is 13.4. The number of alkyl halides is 1. The Morgan fingerprint density at radius 3 is 2.60 bits per heavy atom. The van der Waals surface area contributed by atoms with Crippen molar-refractivity contribution >= 4 is 37.8 Å². The Kier molecular flexibility index (Phi) is 5.31. The first-order valence-corrected chi connectivity index (χ1v) is 7.88. The van der Waals surface area contributed by atoms with Crippen molar-refractivity contribution in [3.63, 3.8) is 0 Å². The number of nitrogens with one attached hydrogen (secondary N) is 1. The lowest BCUT2D eigenvalue weighted by Gasteiger charge is -2.08. The monoisotopic (exact) mass is 399 g/mol. The molecule has 1 amide bonds. The van der Waals surface area contributed by atoms with Gasteiger partial charge in [-0.3, -0.25) is 4.79 Å². The third-order valence-electron chi connectivity index (χ3n) is 2.77. The van der Waals surface area contributed by atoms with Crippen LogP contribution in [0.2, 0.25) is 0 Å². The number of carbonyl (C=O) groups excluding carboxylic acids is 1. The van der Waals surface area contributed by atoms with Crippen molar-refractivity contribution in [3.05, 3.63) is 69.4 Å². The predicted octanol–water partition coefficient (Wildman–Crippen LogP) is 4.41. The topological polar surface area (TPSA) is 29.1 Å². The van der Waals surface area contributed by atoms with E-state index in [4.69, 9.17) is 0 Å². The summed E-state index contributed by atoms with van der Waals surface area (Å²) in [6.45, 7) is 0.434. The lowest BCUT2D eigenvalue weighted by Crippen LogP contribution is -2.23. The van der Waals surface area contributed by atoms with Crippen LogP contribution in [-0.2, 0) is 11.9 Å². The van der Waals surface area contributed by atoms with E-state index in [1.807, 2.05) is 24.3 Å². The maximum Gasteiger partial charge on any atom is 0.252 e. The van der Waals surface area contributed by atoms with Crippen LogP contribution in [0.25, 0.3) is 0 Å². The van der Waals surface area contributed by atoms with Gasteiger partial charge in [-0.2, -0.15) is 0 Å². The van der Waals surface area contributed by atoms with E-state index in [0.29, 0.717) is 16.6 Å². The summed E-state index contributed by atoms with van der Waals surface area (Å²) in [4.78, 5) is 12.0. The zero-order valence-electron chi connectivity index (χ0n) is 10.5. The summed E-state index contributed by atoms with van der Waals surface area (Å²) in [7, 11) is 0. The largest absolute Gasteiger partial charge is 0.348 e. The zero-order chi connectivity index (χ0) is 14.5. The normalized spacial score (nSPS) is 10.3. The Morgan fingerprint density at radius 1 is 1.15 bits per heavy atom. The van der Waals surface area contributed by atoms with Crippen LogP contribution in [0.4, 0.5) is 4.39 Å². The quantitative estimate of drug-likeness (QED) is 0.756. The van der Waals surface area contributed by atoms with E-state index < -0.39 is 0 Å². The molecule has 0 radical (unpaired) electrons. The molecule has 0 bridgehead atoms. The molecule has 0 aliphatic rings. The molecule has 5 heteroatoms. The molecular formula is C15H12Br2FNO. The van der Waals surface area contributed by atoms with Gasteiger partial charge in [0.15, 0.2) is 0 Å². The molecule has 0 spiro atoms. The summed E-state index contributed by atoms with van der Waals surface area (Å²) in [5.41, 5.74) is 2.59. The predicted molar refractivity (Wildman–Crippen MR) is 84.3 cm³/mol. The maximum absolute atomic E-state index is 13.0. The summed E-state index contributed by atoms with van der Waals surface area (Å²) in [6, 6.07) is 11.9. The van der Waals surface area contributed by atoms with Crippen LogP contribution >= 0.6 is 31.9 Å². The van der Waals surface area contributed by atoms with Gasteiger partial charge in [-0.25, -0.2) is 4.39 Å². The summed E-state index contributed by atoms with van der Waals surface area (Å²) in [6.07, 6.45) is 0. The van der Waals surface area contributed by atoms with Gasteiger partial charge in [-0.05, 0) is 45.3 Å². The third-order valence-corrected chi connectivity index (χ3v) is 4.08. The summed E-state index contributed by atoms with van der Waals surface area (Å²) in [5.74, 6) is -0.612. The number of halogens is 3. The lowest BCUT2D eigenvalue weighted by molar-refractivity contribution is 0.0950. The molecule has 104 valence electrons. The van der Waals surface area contributed by atoms with E-state index in [2.05, 4.69) is 37.2 Å². The number of hydrogen-bond donors (Lipinski definition) is 1. The van der Waals surface area contributed by atoms with Crippen LogP contribution in [0.15, 0.2) is 46.9 Å². The molecule has 0 aliphatic carbocycles. The van der Waals surface area contributed by atoms with Gasteiger partial charge in [-0.15, -0.1) is 0 Å². The molecule has 0 aromatic heterocycles. The third kappa shape index (κ3) is 3.90. The second-order valence-electron chi connectivity index (χ2n) is 4.26. The highest BCUT2D eigenvalue weighted by Crippen LogP contribution is 2.18. The Labute approximate surface area is 133 Å². The molecule has 0 aliphatic heterocycles. The van der Waals surface area contributed by atoms with E-state index in [-0.39, 0.29) is 11.7 Å². The van der Waals surface area contributed by atoms with E-state index in [0.717, 1.165) is 16.5 Å². The Balaban J connectivity index is 2.04. The molecule has 2 aromatic carbocycles. The molecule has 20 heavy (non-hydrogen) atoms. The van der Waals surface area contributed by atoms with E-state index >= 15 is 0 Å². The molecule has 2 aromatic rings. The number of carbonyl (C=O) groups is 1. The number of rotatable bonds is 4. The molecule has 0 fully saturated rings. The molecular weight excluding hydrogens is 389 g/mol. The molecule has 2 nitrogen and oxygen atoms in total. The van der Waals surface area contributed by atoms with Gasteiger partial charge in [-0.1, -0.05) is 40.2 Å². The van der Waals surface area contributed by atoms with E-state index in [1.165, 1.54) is 18.2 Å². The molecule has 0 saturated carbocycles. The van der Waals surface area contributed by atoms with Gasteiger partial charge in [0, 0.05) is 16.3 Å². The Morgan fingerprint density at radius 2 is 1.90 bits per heavy atom. The van der Waals surface area contributed by atoms with Crippen molar-refractivity contribution in [2.75, 3.05) is 0 Å². The minimum absolute atomic E-state index is 0.235. The van der Waals surface area contributed by atoms with Crippen LogP contribution in [0.1, 0.15) is 21.5 Å². The second kappa shape index (κ2) is 6.99. The average Bonchev–Trinajstić information content (AvgIpc) is 2.45. The van der Waals surface area contributed by atoms with E-state index in [9.17, 15) is 9.18 Å². The van der Waals surface area contributed by atoms with Crippen LogP contribution in [0.5, 0.6) is 0 Å². The molecule has 0 unspecified atom stereocenters. The first-order chi connectivity index (χ1) is 9.60. The summed E-state index contributed by atoms with van der Waals surface area (Å²) >= 11 is 6.59. The van der Waals surface area contributed by atoms with Gasteiger partial charge in [0.25, 0.3) is 5.91 Å². The van der Waals surface area contributed by atoms with Crippen molar-refractivity contribution in [2.24, 2.45) is 0 Å². The second-order valence-corrected chi connectivity index (χ2v) is 5.68. The molecule has 0 atom stereocenters. The molecule has 0 heterocycles. The highest BCUT2D eigenvalue weighted by Gasteiger charge is 2.10. The van der Waals surface area contributed by atoms with Crippen LogP contribution in [0.3, 0.4) is 0 Å². The van der Waals surface area contributed by atoms with Crippen molar-refractivity contribution in [1.29, 1.82) is 0 Å². The maximum atomic E-state index is 13.0. The van der Waals surface area contributed by atoms with Gasteiger partial charge < -0.3 is 5.32 Å².